The maximum Gasteiger partial charge on any atom is 0.118 e. The highest BCUT2D eigenvalue weighted by atomic mass is 32.1. The van der Waals surface area contributed by atoms with Gasteiger partial charge in [-0.2, -0.15) is 0 Å². The summed E-state index contributed by atoms with van der Waals surface area (Å²) in [6.45, 7) is 4.04. The van der Waals surface area contributed by atoms with Crippen LogP contribution in [0.3, 0.4) is 0 Å². The predicted octanol–water partition coefficient (Wildman–Crippen LogP) is 3.41. The Kier molecular flexibility index (Phi) is 4.69. The second-order valence-corrected chi connectivity index (χ2v) is 6.93. The summed E-state index contributed by atoms with van der Waals surface area (Å²) in [5, 5.41) is 2.98. The van der Waals surface area contributed by atoms with Crippen LogP contribution in [0.1, 0.15) is 27.3 Å². The van der Waals surface area contributed by atoms with E-state index in [1.165, 1.54) is 22.3 Å². The number of furan rings is 1. The molecule has 0 spiro atoms. The van der Waals surface area contributed by atoms with Crippen molar-refractivity contribution in [1.29, 1.82) is 0 Å². The van der Waals surface area contributed by atoms with Crippen molar-refractivity contribution in [3.63, 3.8) is 0 Å². The SMILES string of the molecule is c1csc(COCc2cncc3c2CCN(Cc2ccoc2)C3)n1. The first-order valence-corrected chi connectivity index (χ1v) is 8.90. The number of pyridine rings is 1. The van der Waals surface area contributed by atoms with E-state index in [0.29, 0.717) is 13.2 Å². The number of aromatic nitrogens is 2. The van der Waals surface area contributed by atoms with Crippen molar-refractivity contribution in [2.45, 2.75) is 32.7 Å². The van der Waals surface area contributed by atoms with E-state index in [0.717, 1.165) is 31.1 Å². The average molecular weight is 341 g/mol. The van der Waals surface area contributed by atoms with Crippen LogP contribution in [-0.2, 0) is 37.5 Å². The van der Waals surface area contributed by atoms with E-state index in [2.05, 4.69) is 14.9 Å². The number of fused-ring (bicyclic) bond motifs is 1. The summed E-state index contributed by atoms with van der Waals surface area (Å²) < 4.78 is 11.0. The van der Waals surface area contributed by atoms with Crippen molar-refractivity contribution in [2.75, 3.05) is 6.54 Å². The van der Waals surface area contributed by atoms with Crippen LogP contribution < -0.4 is 0 Å². The van der Waals surface area contributed by atoms with Gasteiger partial charge in [0.1, 0.15) is 5.01 Å². The highest BCUT2D eigenvalue weighted by Crippen LogP contribution is 2.23. The van der Waals surface area contributed by atoms with Crippen LogP contribution in [0.25, 0.3) is 0 Å². The molecule has 124 valence electrons. The van der Waals surface area contributed by atoms with E-state index in [4.69, 9.17) is 9.15 Å². The van der Waals surface area contributed by atoms with Gasteiger partial charge in [-0.1, -0.05) is 0 Å². The maximum atomic E-state index is 5.82. The molecule has 0 unspecified atom stereocenters. The monoisotopic (exact) mass is 341 g/mol. The fourth-order valence-corrected chi connectivity index (χ4v) is 3.65. The van der Waals surface area contributed by atoms with E-state index in [9.17, 15) is 0 Å². The van der Waals surface area contributed by atoms with Gasteiger partial charge < -0.3 is 9.15 Å². The van der Waals surface area contributed by atoms with Crippen LogP contribution in [0.15, 0.2) is 47.0 Å². The molecule has 5 nitrogen and oxygen atoms in total. The molecule has 0 saturated carbocycles. The lowest BCUT2D eigenvalue weighted by molar-refractivity contribution is 0.105. The van der Waals surface area contributed by atoms with Gasteiger partial charge in [-0.25, -0.2) is 4.98 Å². The van der Waals surface area contributed by atoms with E-state index < -0.39 is 0 Å². The van der Waals surface area contributed by atoms with Crippen LogP contribution in [0.2, 0.25) is 0 Å². The molecular weight excluding hydrogens is 322 g/mol. The summed E-state index contributed by atoms with van der Waals surface area (Å²) in [7, 11) is 0. The highest BCUT2D eigenvalue weighted by molar-refractivity contribution is 7.09. The predicted molar refractivity (Wildman–Crippen MR) is 91.4 cm³/mol. The van der Waals surface area contributed by atoms with Crippen LogP contribution in [0.4, 0.5) is 0 Å². The fraction of sp³-hybridized carbons (Fsp3) is 0.333. The molecule has 1 aliphatic rings. The second kappa shape index (κ2) is 7.25. The average Bonchev–Trinajstić information content (AvgIpc) is 3.29. The molecule has 0 bridgehead atoms. The molecule has 3 aromatic heterocycles. The smallest absolute Gasteiger partial charge is 0.118 e. The molecule has 4 rings (SSSR count). The van der Waals surface area contributed by atoms with Gasteiger partial charge in [-0.3, -0.25) is 9.88 Å². The van der Waals surface area contributed by atoms with Gasteiger partial charge in [0.2, 0.25) is 0 Å². The Morgan fingerprint density at radius 2 is 2.29 bits per heavy atom. The molecule has 24 heavy (non-hydrogen) atoms. The number of hydrogen-bond donors (Lipinski definition) is 0. The Bertz CT molecular complexity index is 757. The van der Waals surface area contributed by atoms with Crippen molar-refractivity contribution in [1.82, 2.24) is 14.9 Å². The summed E-state index contributed by atoms with van der Waals surface area (Å²) in [5.41, 5.74) is 5.12. The molecule has 0 saturated heterocycles. The Morgan fingerprint density at radius 3 is 3.12 bits per heavy atom. The normalized spacial score (nSPS) is 14.7. The molecule has 0 aliphatic carbocycles. The first-order valence-electron chi connectivity index (χ1n) is 8.02. The van der Waals surface area contributed by atoms with Crippen molar-refractivity contribution < 1.29 is 9.15 Å². The molecule has 0 amide bonds. The number of nitrogens with zero attached hydrogens (tertiary/aromatic N) is 3. The summed E-state index contributed by atoms with van der Waals surface area (Å²) in [4.78, 5) is 11.1. The molecular formula is C18H19N3O2S. The minimum Gasteiger partial charge on any atom is -0.472 e. The summed E-state index contributed by atoms with van der Waals surface area (Å²) in [6.07, 6.45) is 10.3. The van der Waals surface area contributed by atoms with E-state index >= 15 is 0 Å². The fourth-order valence-electron chi connectivity index (χ4n) is 3.10. The minimum absolute atomic E-state index is 0.563. The third kappa shape index (κ3) is 3.56. The topological polar surface area (TPSA) is 51.4 Å². The van der Waals surface area contributed by atoms with Gasteiger partial charge in [0, 0.05) is 49.2 Å². The molecule has 0 N–H and O–H groups in total. The van der Waals surface area contributed by atoms with Gasteiger partial charge in [-0.15, -0.1) is 11.3 Å². The lowest BCUT2D eigenvalue weighted by atomic mass is 9.97. The number of ether oxygens (including phenoxy) is 1. The van der Waals surface area contributed by atoms with Crippen LogP contribution in [-0.4, -0.2) is 21.4 Å². The Labute approximate surface area is 144 Å². The lowest BCUT2D eigenvalue weighted by Gasteiger charge is -2.29. The molecule has 0 radical (unpaired) electrons. The molecule has 6 heteroatoms. The molecule has 4 heterocycles. The zero-order chi connectivity index (χ0) is 16.2. The third-order valence-electron chi connectivity index (χ3n) is 4.26. The summed E-state index contributed by atoms with van der Waals surface area (Å²) in [5.74, 6) is 0. The van der Waals surface area contributed by atoms with Gasteiger partial charge in [0.15, 0.2) is 0 Å². The Balaban J connectivity index is 1.39. The van der Waals surface area contributed by atoms with Crippen molar-refractivity contribution in [2.24, 2.45) is 0 Å². The summed E-state index contributed by atoms with van der Waals surface area (Å²) in [6, 6.07) is 2.02. The standard InChI is InChI=1S/C18H19N3O2S/c1-4-21(9-14-2-5-22-11-14)10-15-7-19-8-16(17(1)15)12-23-13-18-20-3-6-24-18/h2-3,5-8,11H,1,4,9-10,12-13H2. The number of thiazole rings is 1. The molecule has 3 aromatic rings. The molecule has 1 aliphatic heterocycles. The molecule has 0 fully saturated rings. The minimum atomic E-state index is 0.563. The van der Waals surface area contributed by atoms with E-state index in [1.807, 2.05) is 36.3 Å². The summed E-state index contributed by atoms with van der Waals surface area (Å²) >= 11 is 1.62. The Hall–Kier alpha value is -2.02. The van der Waals surface area contributed by atoms with Crippen molar-refractivity contribution >= 4 is 11.3 Å². The van der Waals surface area contributed by atoms with Crippen LogP contribution >= 0.6 is 11.3 Å². The molecule has 0 aromatic carbocycles. The van der Waals surface area contributed by atoms with Crippen LogP contribution in [0.5, 0.6) is 0 Å². The quantitative estimate of drug-likeness (QED) is 0.688. The van der Waals surface area contributed by atoms with Gasteiger partial charge in [0.05, 0.1) is 25.7 Å². The van der Waals surface area contributed by atoms with Crippen LogP contribution in [0, 0.1) is 0 Å². The van der Waals surface area contributed by atoms with Gasteiger partial charge in [0.25, 0.3) is 0 Å². The lowest BCUT2D eigenvalue weighted by Crippen LogP contribution is -2.30. The largest absolute Gasteiger partial charge is 0.472 e. The van der Waals surface area contributed by atoms with Gasteiger partial charge in [-0.05, 0) is 29.2 Å². The Morgan fingerprint density at radius 1 is 1.29 bits per heavy atom. The van der Waals surface area contributed by atoms with Crippen molar-refractivity contribution in [3.8, 4) is 0 Å². The maximum absolute atomic E-state index is 5.82. The highest BCUT2D eigenvalue weighted by Gasteiger charge is 2.19. The first kappa shape index (κ1) is 15.5. The number of hydrogen-bond acceptors (Lipinski definition) is 6. The number of rotatable bonds is 6. The second-order valence-electron chi connectivity index (χ2n) is 5.95. The first-order chi connectivity index (χ1) is 11.9. The van der Waals surface area contributed by atoms with Crippen molar-refractivity contribution in [3.05, 3.63) is 69.8 Å². The third-order valence-corrected chi connectivity index (χ3v) is 5.01. The zero-order valence-electron chi connectivity index (χ0n) is 13.4. The van der Waals surface area contributed by atoms with Gasteiger partial charge >= 0.3 is 0 Å². The zero-order valence-corrected chi connectivity index (χ0v) is 14.2. The van der Waals surface area contributed by atoms with E-state index in [-0.39, 0.29) is 0 Å². The van der Waals surface area contributed by atoms with E-state index in [1.54, 1.807) is 17.6 Å². The molecule has 0 atom stereocenters.